The van der Waals surface area contributed by atoms with Crippen LogP contribution in [0, 0.1) is 18.2 Å². The van der Waals surface area contributed by atoms with Crippen LogP contribution in [0.4, 0.5) is 10.1 Å². The molecule has 2 amide bonds. The number of rotatable bonds is 6. The Morgan fingerprint density at radius 1 is 1.02 bits per heavy atom. The lowest BCUT2D eigenvalue weighted by Crippen LogP contribution is -2.45. The summed E-state index contributed by atoms with van der Waals surface area (Å²) in [6.45, 7) is 8.33. The smallest absolute Gasteiger partial charge is 0.291 e. The average Bonchev–Trinajstić information content (AvgIpc) is 3.41. The number of carbonyl (C=O) groups excluding carboxylic acids is 2. The summed E-state index contributed by atoms with van der Waals surface area (Å²) in [7, 11) is 0. The van der Waals surface area contributed by atoms with Crippen molar-refractivity contribution in [2.75, 3.05) is 11.9 Å². The predicted molar refractivity (Wildman–Crippen MR) is 152 cm³/mol. The first-order valence-electron chi connectivity index (χ1n) is 13.4. The summed E-state index contributed by atoms with van der Waals surface area (Å²) >= 11 is 0. The standard InChI is InChI=1S/C33H33FN2O4/c1-21-8-11-25(12-9-21)35-31(37)29-15-14-27(40-29)20-39-26-13-10-22-16-17-36(32(38)33(2,3)4)30(28(22)19-26)23-6-5-7-24(34)18-23/h5-15,18-19,30H,16-17,20H2,1-4H3,(H,35,37)/t30-/m1/s1. The number of amides is 2. The van der Waals surface area contributed by atoms with Crippen LogP contribution >= 0.6 is 0 Å². The summed E-state index contributed by atoms with van der Waals surface area (Å²) in [6, 6.07) is 22.6. The van der Waals surface area contributed by atoms with E-state index in [2.05, 4.69) is 5.32 Å². The van der Waals surface area contributed by atoms with Crippen LogP contribution in [0.5, 0.6) is 5.75 Å². The molecule has 0 radical (unpaired) electrons. The van der Waals surface area contributed by atoms with E-state index in [1.807, 2.05) is 81.1 Å². The third kappa shape index (κ3) is 5.93. The Labute approximate surface area is 233 Å². The predicted octanol–water partition coefficient (Wildman–Crippen LogP) is 7.08. The second-order valence-electron chi connectivity index (χ2n) is 11.2. The lowest BCUT2D eigenvalue weighted by atomic mass is 9.85. The van der Waals surface area contributed by atoms with Crippen molar-refractivity contribution in [3.8, 4) is 5.75 Å². The fraction of sp³-hybridized carbons (Fsp3) is 0.273. The molecule has 1 aliphatic heterocycles. The number of halogens is 1. The molecule has 0 saturated heterocycles. The SMILES string of the molecule is Cc1ccc(NC(=O)c2ccc(COc3ccc4c(c3)[C@@H](c3cccc(F)c3)N(C(=O)C(C)(C)C)CC4)o2)cc1. The number of anilines is 1. The highest BCUT2D eigenvalue weighted by atomic mass is 19.1. The molecular formula is C33H33FN2O4. The first-order valence-corrected chi connectivity index (χ1v) is 13.4. The van der Waals surface area contributed by atoms with Gasteiger partial charge < -0.3 is 19.4 Å². The lowest BCUT2D eigenvalue weighted by molar-refractivity contribution is -0.141. The van der Waals surface area contributed by atoms with Gasteiger partial charge in [0.1, 0.15) is 23.9 Å². The Bertz CT molecular complexity index is 1530. The molecule has 0 saturated carbocycles. The third-order valence-electron chi connectivity index (χ3n) is 6.99. The monoisotopic (exact) mass is 540 g/mol. The van der Waals surface area contributed by atoms with Crippen molar-refractivity contribution in [3.05, 3.63) is 118 Å². The van der Waals surface area contributed by atoms with E-state index in [-0.39, 0.29) is 30.0 Å². The van der Waals surface area contributed by atoms with Crippen LogP contribution in [0.25, 0.3) is 0 Å². The number of aryl methyl sites for hydroxylation is 1. The molecule has 0 bridgehead atoms. The molecule has 4 aromatic rings. The van der Waals surface area contributed by atoms with E-state index < -0.39 is 11.5 Å². The van der Waals surface area contributed by atoms with Crippen LogP contribution in [-0.4, -0.2) is 23.3 Å². The van der Waals surface area contributed by atoms with Gasteiger partial charge in [0.2, 0.25) is 5.91 Å². The molecule has 40 heavy (non-hydrogen) atoms. The molecule has 1 aliphatic rings. The van der Waals surface area contributed by atoms with Gasteiger partial charge in [0, 0.05) is 17.6 Å². The van der Waals surface area contributed by atoms with Gasteiger partial charge in [-0.2, -0.15) is 0 Å². The molecule has 3 aromatic carbocycles. The van der Waals surface area contributed by atoms with Crippen molar-refractivity contribution in [1.29, 1.82) is 0 Å². The maximum absolute atomic E-state index is 14.3. The molecule has 1 aromatic heterocycles. The topological polar surface area (TPSA) is 71.8 Å². The third-order valence-corrected chi connectivity index (χ3v) is 6.99. The highest BCUT2D eigenvalue weighted by Gasteiger charge is 2.37. The van der Waals surface area contributed by atoms with E-state index in [9.17, 15) is 14.0 Å². The molecule has 1 N–H and O–H groups in total. The zero-order chi connectivity index (χ0) is 28.4. The van der Waals surface area contributed by atoms with Crippen LogP contribution in [0.2, 0.25) is 0 Å². The van der Waals surface area contributed by atoms with Crippen molar-refractivity contribution in [2.45, 2.75) is 46.8 Å². The van der Waals surface area contributed by atoms with Gasteiger partial charge in [0.15, 0.2) is 5.76 Å². The van der Waals surface area contributed by atoms with Gasteiger partial charge in [-0.15, -0.1) is 0 Å². The summed E-state index contributed by atoms with van der Waals surface area (Å²) < 4.78 is 26.1. The molecule has 1 atom stereocenters. The summed E-state index contributed by atoms with van der Waals surface area (Å²) in [5, 5.41) is 2.82. The highest BCUT2D eigenvalue weighted by molar-refractivity contribution is 6.02. The summed E-state index contributed by atoms with van der Waals surface area (Å²) in [5.41, 5.74) is 3.92. The number of nitrogens with one attached hydrogen (secondary N) is 1. The largest absolute Gasteiger partial charge is 0.486 e. The van der Waals surface area contributed by atoms with E-state index in [0.29, 0.717) is 35.7 Å². The number of nitrogens with zero attached hydrogens (tertiary/aromatic N) is 1. The van der Waals surface area contributed by atoms with E-state index >= 15 is 0 Å². The number of benzene rings is 3. The molecule has 0 spiro atoms. The minimum atomic E-state index is -0.583. The maximum Gasteiger partial charge on any atom is 0.291 e. The summed E-state index contributed by atoms with van der Waals surface area (Å²) in [4.78, 5) is 27.9. The van der Waals surface area contributed by atoms with Crippen LogP contribution in [-0.2, 0) is 17.8 Å². The minimum absolute atomic E-state index is 0.00533. The van der Waals surface area contributed by atoms with Gasteiger partial charge >= 0.3 is 0 Å². The molecule has 206 valence electrons. The Hall–Kier alpha value is -4.39. The Balaban J connectivity index is 1.35. The number of ether oxygens (including phenoxy) is 1. The molecular weight excluding hydrogens is 507 g/mol. The number of hydrogen-bond donors (Lipinski definition) is 1. The van der Waals surface area contributed by atoms with Gasteiger partial charge in [0.25, 0.3) is 5.91 Å². The summed E-state index contributed by atoms with van der Waals surface area (Å²) in [5.74, 6) is 0.591. The quantitative estimate of drug-likeness (QED) is 0.284. The fourth-order valence-electron chi connectivity index (χ4n) is 4.93. The first-order chi connectivity index (χ1) is 19.1. The molecule has 7 heteroatoms. The van der Waals surface area contributed by atoms with Gasteiger partial charge in [-0.3, -0.25) is 9.59 Å². The number of furan rings is 1. The lowest BCUT2D eigenvalue weighted by Gasteiger charge is -2.41. The number of fused-ring (bicyclic) bond motifs is 1. The van der Waals surface area contributed by atoms with Gasteiger partial charge in [-0.05, 0) is 78.6 Å². The normalized spacial score (nSPS) is 14.9. The summed E-state index contributed by atoms with van der Waals surface area (Å²) in [6.07, 6.45) is 0.695. The van der Waals surface area contributed by atoms with Crippen molar-refractivity contribution in [2.24, 2.45) is 5.41 Å². The molecule has 2 heterocycles. The number of carbonyl (C=O) groups is 2. The van der Waals surface area contributed by atoms with Crippen LogP contribution < -0.4 is 10.1 Å². The molecule has 0 fully saturated rings. The fourth-order valence-corrected chi connectivity index (χ4v) is 4.93. The average molecular weight is 541 g/mol. The maximum atomic E-state index is 14.3. The van der Waals surface area contributed by atoms with E-state index in [1.54, 1.807) is 18.2 Å². The Kier molecular flexibility index (Phi) is 7.48. The zero-order valence-electron chi connectivity index (χ0n) is 23.2. The molecule has 0 unspecified atom stereocenters. The van der Waals surface area contributed by atoms with Crippen LogP contribution in [0.15, 0.2) is 83.3 Å². The van der Waals surface area contributed by atoms with Crippen molar-refractivity contribution in [3.63, 3.8) is 0 Å². The van der Waals surface area contributed by atoms with Crippen molar-refractivity contribution < 1.29 is 23.1 Å². The second kappa shape index (κ2) is 11.0. The van der Waals surface area contributed by atoms with Crippen LogP contribution in [0.3, 0.4) is 0 Å². The minimum Gasteiger partial charge on any atom is -0.486 e. The number of hydrogen-bond acceptors (Lipinski definition) is 4. The Morgan fingerprint density at radius 3 is 2.52 bits per heavy atom. The van der Waals surface area contributed by atoms with E-state index in [0.717, 1.165) is 16.7 Å². The van der Waals surface area contributed by atoms with Gasteiger partial charge in [0.05, 0.1) is 6.04 Å². The van der Waals surface area contributed by atoms with Crippen LogP contribution in [0.1, 0.15) is 65.4 Å². The highest BCUT2D eigenvalue weighted by Crippen LogP contribution is 2.39. The Morgan fingerprint density at radius 2 is 1.80 bits per heavy atom. The zero-order valence-corrected chi connectivity index (χ0v) is 23.2. The van der Waals surface area contributed by atoms with Crippen molar-refractivity contribution >= 4 is 17.5 Å². The van der Waals surface area contributed by atoms with E-state index in [4.69, 9.17) is 9.15 Å². The van der Waals surface area contributed by atoms with Crippen molar-refractivity contribution in [1.82, 2.24) is 4.90 Å². The molecule has 0 aliphatic carbocycles. The second-order valence-corrected chi connectivity index (χ2v) is 11.2. The van der Waals surface area contributed by atoms with Gasteiger partial charge in [-0.25, -0.2) is 4.39 Å². The van der Waals surface area contributed by atoms with Gasteiger partial charge in [-0.1, -0.05) is 56.7 Å². The first kappa shape index (κ1) is 27.2. The molecule has 5 rings (SSSR count). The molecule has 6 nitrogen and oxygen atoms in total. The van der Waals surface area contributed by atoms with E-state index in [1.165, 1.54) is 12.1 Å².